The Hall–Kier alpha value is -3.07. The van der Waals surface area contributed by atoms with Crippen LogP contribution in [0.15, 0.2) is 35.1 Å². The van der Waals surface area contributed by atoms with Gasteiger partial charge in [0.25, 0.3) is 5.56 Å². The zero-order valence-electron chi connectivity index (χ0n) is 15.6. The molecule has 3 aromatic rings. The van der Waals surface area contributed by atoms with Crippen LogP contribution < -0.4 is 10.9 Å². The van der Waals surface area contributed by atoms with E-state index in [0.29, 0.717) is 28.3 Å². The smallest absolute Gasteiger partial charge is 0.338 e. The SMILES string of the molecule is CCCc1nn2c(=O)cc(COC(=O)c3ccc(NC(=O)CC)cc3)nc2s1. The molecule has 0 aliphatic rings. The van der Waals surface area contributed by atoms with Crippen molar-refractivity contribution in [2.75, 3.05) is 5.32 Å². The third-order valence-electron chi connectivity index (χ3n) is 3.88. The molecule has 0 spiro atoms. The van der Waals surface area contributed by atoms with E-state index < -0.39 is 5.97 Å². The number of benzene rings is 1. The van der Waals surface area contributed by atoms with E-state index in [4.69, 9.17) is 4.74 Å². The number of ether oxygens (including phenoxy) is 1. The molecule has 0 atom stereocenters. The summed E-state index contributed by atoms with van der Waals surface area (Å²) >= 11 is 1.35. The molecule has 3 rings (SSSR count). The Balaban J connectivity index is 1.67. The molecule has 146 valence electrons. The standard InChI is InChI=1S/C19H20N4O4S/c1-3-5-16-22-23-17(25)10-14(21-19(23)28-16)11-27-18(26)12-6-8-13(9-7-12)20-15(24)4-2/h6-10H,3-5,11H2,1-2H3,(H,20,24). The van der Waals surface area contributed by atoms with Crippen LogP contribution in [0.3, 0.4) is 0 Å². The lowest BCUT2D eigenvalue weighted by Crippen LogP contribution is -2.16. The minimum Gasteiger partial charge on any atom is -0.456 e. The fraction of sp³-hybridized carbons (Fsp3) is 0.316. The Morgan fingerprint density at radius 3 is 2.64 bits per heavy atom. The van der Waals surface area contributed by atoms with Gasteiger partial charge in [-0.3, -0.25) is 9.59 Å². The van der Waals surface area contributed by atoms with Crippen LogP contribution in [0, 0.1) is 0 Å². The molecule has 0 unspecified atom stereocenters. The fourth-order valence-electron chi connectivity index (χ4n) is 2.45. The van der Waals surface area contributed by atoms with Crippen molar-refractivity contribution in [3.63, 3.8) is 0 Å². The van der Waals surface area contributed by atoms with Gasteiger partial charge in [0.05, 0.1) is 11.3 Å². The van der Waals surface area contributed by atoms with E-state index >= 15 is 0 Å². The molecule has 1 aromatic carbocycles. The Morgan fingerprint density at radius 2 is 1.96 bits per heavy atom. The number of nitrogens with zero attached hydrogens (tertiary/aromatic N) is 3. The fourth-order valence-corrected chi connectivity index (χ4v) is 3.47. The lowest BCUT2D eigenvalue weighted by atomic mass is 10.2. The zero-order valence-corrected chi connectivity index (χ0v) is 16.4. The summed E-state index contributed by atoms with van der Waals surface area (Å²) in [6.07, 6.45) is 2.09. The molecule has 1 amide bonds. The van der Waals surface area contributed by atoms with Crippen LogP contribution in [0.5, 0.6) is 0 Å². The molecule has 0 radical (unpaired) electrons. The van der Waals surface area contributed by atoms with Crippen molar-refractivity contribution >= 4 is 33.9 Å². The number of hydrogen-bond donors (Lipinski definition) is 1. The lowest BCUT2D eigenvalue weighted by Gasteiger charge is -2.06. The molecule has 0 saturated heterocycles. The Morgan fingerprint density at radius 1 is 1.21 bits per heavy atom. The Kier molecular flexibility index (Phi) is 6.15. The first-order chi connectivity index (χ1) is 13.5. The number of rotatable bonds is 7. The lowest BCUT2D eigenvalue weighted by molar-refractivity contribution is -0.115. The summed E-state index contributed by atoms with van der Waals surface area (Å²) in [4.78, 5) is 40.6. The normalized spacial score (nSPS) is 10.8. The van der Waals surface area contributed by atoms with E-state index in [1.807, 2.05) is 6.92 Å². The number of carbonyl (C=O) groups excluding carboxylic acids is 2. The zero-order chi connectivity index (χ0) is 20.1. The van der Waals surface area contributed by atoms with Gasteiger partial charge in [-0.05, 0) is 30.7 Å². The number of esters is 1. The third kappa shape index (κ3) is 4.61. The van der Waals surface area contributed by atoms with Crippen molar-refractivity contribution in [1.29, 1.82) is 0 Å². The second kappa shape index (κ2) is 8.75. The van der Waals surface area contributed by atoms with Crippen molar-refractivity contribution in [1.82, 2.24) is 14.6 Å². The summed E-state index contributed by atoms with van der Waals surface area (Å²) in [5, 5.41) is 7.79. The molecule has 0 aliphatic heterocycles. The highest BCUT2D eigenvalue weighted by Gasteiger charge is 2.12. The van der Waals surface area contributed by atoms with Crippen molar-refractivity contribution in [2.24, 2.45) is 0 Å². The minimum absolute atomic E-state index is 0.103. The number of anilines is 1. The van der Waals surface area contributed by atoms with Crippen LogP contribution in [-0.4, -0.2) is 26.5 Å². The summed E-state index contributed by atoms with van der Waals surface area (Å²) in [6, 6.07) is 7.72. The molecular formula is C19H20N4O4S. The van der Waals surface area contributed by atoms with Crippen molar-refractivity contribution in [3.8, 4) is 0 Å². The van der Waals surface area contributed by atoms with Crippen molar-refractivity contribution < 1.29 is 14.3 Å². The number of hydrogen-bond acceptors (Lipinski definition) is 7. The Labute approximate surface area is 165 Å². The average molecular weight is 400 g/mol. The van der Waals surface area contributed by atoms with Crippen LogP contribution in [0.4, 0.5) is 5.69 Å². The molecule has 0 saturated carbocycles. The van der Waals surface area contributed by atoms with Crippen LogP contribution in [0.1, 0.15) is 47.7 Å². The van der Waals surface area contributed by atoms with Gasteiger partial charge in [0, 0.05) is 24.6 Å². The van der Waals surface area contributed by atoms with Gasteiger partial charge in [0.15, 0.2) is 0 Å². The van der Waals surface area contributed by atoms with Crippen LogP contribution in [-0.2, 0) is 22.6 Å². The number of aromatic nitrogens is 3. The molecule has 2 heterocycles. The van der Waals surface area contributed by atoms with Gasteiger partial charge in [-0.15, -0.1) is 0 Å². The monoisotopic (exact) mass is 400 g/mol. The third-order valence-corrected chi connectivity index (χ3v) is 4.85. The summed E-state index contributed by atoms with van der Waals surface area (Å²) in [5.74, 6) is -0.639. The van der Waals surface area contributed by atoms with Crippen molar-refractivity contribution in [3.05, 3.63) is 57.0 Å². The minimum atomic E-state index is -0.536. The maximum atomic E-state index is 12.2. The summed E-state index contributed by atoms with van der Waals surface area (Å²) in [5.41, 5.74) is 1.02. The largest absolute Gasteiger partial charge is 0.456 e. The molecule has 0 fully saturated rings. The second-order valence-electron chi connectivity index (χ2n) is 6.08. The predicted octanol–water partition coefficient (Wildman–Crippen LogP) is 2.81. The number of carbonyl (C=O) groups is 2. The van der Waals surface area contributed by atoms with E-state index in [9.17, 15) is 14.4 Å². The molecule has 0 aliphatic carbocycles. The highest BCUT2D eigenvalue weighted by Crippen LogP contribution is 2.14. The summed E-state index contributed by atoms with van der Waals surface area (Å²) in [7, 11) is 0. The molecule has 0 bridgehead atoms. The van der Waals surface area contributed by atoms with E-state index in [-0.39, 0.29) is 18.1 Å². The first-order valence-electron chi connectivity index (χ1n) is 8.96. The molecule has 9 heteroatoms. The van der Waals surface area contributed by atoms with Gasteiger partial charge < -0.3 is 10.1 Å². The molecule has 28 heavy (non-hydrogen) atoms. The second-order valence-corrected chi connectivity index (χ2v) is 7.12. The number of nitrogens with one attached hydrogen (secondary N) is 1. The number of amides is 1. The van der Waals surface area contributed by atoms with Crippen molar-refractivity contribution in [2.45, 2.75) is 39.7 Å². The van der Waals surface area contributed by atoms with Gasteiger partial charge >= 0.3 is 5.97 Å². The van der Waals surface area contributed by atoms with Gasteiger partial charge in [0.2, 0.25) is 10.9 Å². The highest BCUT2D eigenvalue weighted by atomic mass is 32.1. The topological polar surface area (TPSA) is 103 Å². The van der Waals surface area contributed by atoms with Crippen LogP contribution in [0.2, 0.25) is 0 Å². The maximum Gasteiger partial charge on any atom is 0.338 e. The van der Waals surface area contributed by atoms with Gasteiger partial charge in [-0.25, -0.2) is 9.78 Å². The molecular weight excluding hydrogens is 380 g/mol. The van der Waals surface area contributed by atoms with Crippen LogP contribution >= 0.6 is 11.3 Å². The molecule has 8 nitrogen and oxygen atoms in total. The average Bonchev–Trinajstić information content (AvgIpc) is 3.10. The van der Waals surface area contributed by atoms with Gasteiger partial charge in [-0.2, -0.15) is 9.61 Å². The Bertz CT molecular complexity index is 1060. The van der Waals surface area contributed by atoms with E-state index in [2.05, 4.69) is 15.4 Å². The molecule has 2 aromatic heterocycles. The summed E-state index contributed by atoms with van der Waals surface area (Å²) in [6.45, 7) is 3.69. The first-order valence-corrected chi connectivity index (χ1v) is 9.77. The number of fused-ring (bicyclic) bond motifs is 1. The van der Waals surface area contributed by atoms with E-state index in [0.717, 1.165) is 17.8 Å². The number of aryl methyl sites for hydroxylation is 1. The van der Waals surface area contributed by atoms with Gasteiger partial charge in [-0.1, -0.05) is 25.2 Å². The first kappa shape index (κ1) is 19.7. The predicted molar refractivity (Wildman–Crippen MR) is 106 cm³/mol. The van der Waals surface area contributed by atoms with Gasteiger partial charge in [0.1, 0.15) is 11.6 Å². The highest BCUT2D eigenvalue weighted by molar-refractivity contribution is 7.16. The quantitative estimate of drug-likeness (QED) is 0.612. The van der Waals surface area contributed by atoms with E-state index in [1.165, 1.54) is 21.9 Å². The molecule has 1 N–H and O–H groups in total. The summed E-state index contributed by atoms with van der Waals surface area (Å²) < 4.78 is 6.53. The maximum absolute atomic E-state index is 12.2. The van der Waals surface area contributed by atoms with E-state index in [1.54, 1.807) is 31.2 Å². The van der Waals surface area contributed by atoms with Crippen LogP contribution in [0.25, 0.3) is 4.96 Å².